The summed E-state index contributed by atoms with van der Waals surface area (Å²) in [6, 6.07) is 0. The maximum atomic E-state index is 12.1. The minimum absolute atomic E-state index is 0.0770. The van der Waals surface area contributed by atoms with E-state index in [-0.39, 0.29) is 29.8 Å². The molecule has 4 saturated carbocycles. The summed E-state index contributed by atoms with van der Waals surface area (Å²) >= 11 is 0. The molecule has 0 aromatic carbocycles. The highest BCUT2D eigenvalue weighted by Crippen LogP contribution is 2.66. The molecule has 136 valence electrons. The van der Waals surface area contributed by atoms with Crippen molar-refractivity contribution in [2.45, 2.75) is 77.7 Å². The number of aliphatic hydroxyl groups is 1. The van der Waals surface area contributed by atoms with Crippen LogP contribution in [0, 0.1) is 40.4 Å². The number of aliphatic hydroxyl groups excluding tert-OH is 1. The van der Waals surface area contributed by atoms with Crippen LogP contribution in [0.2, 0.25) is 0 Å². The zero-order valence-corrected chi connectivity index (χ0v) is 15.5. The number of fused-ring (bicyclic) bond motifs is 5. The summed E-state index contributed by atoms with van der Waals surface area (Å²) in [6.45, 7) is 5.11. The summed E-state index contributed by atoms with van der Waals surface area (Å²) in [4.78, 5) is 12.1. The summed E-state index contributed by atoms with van der Waals surface area (Å²) in [5, 5.41) is 10.5. The van der Waals surface area contributed by atoms with Crippen LogP contribution in [0.4, 0.5) is 0 Å². The van der Waals surface area contributed by atoms with Crippen molar-refractivity contribution in [2.24, 2.45) is 46.2 Å². The number of Topliss-reactive ketones (excluding diaryl/α,β-unsaturated/α-hetero) is 1. The summed E-state index contributed by atoms with van der Waals surface area (Å²) in [6.07, 6.45) is 10.6. The normalized spacial score (nSPS) is 53.8. The van der Waals surface area contributed by atoms with Crippen LogP contribution in [-0.4, -0.2) is 23.5 Å². The first kappa shape index (κ1) is 17.0. The highest BCUT2D eigenvalue weighted by atomic mass is 16.3. The van der Waals surface area contributed by atoms with Crippen LogP contribution in [0.1, 0.15) is 71.6 Å². The Bertz CT molecular complexity index is 520. The Morgan fingerprint density at radius 2 is 1.71 bits per heavy atom. The predicted octanol–water partition coefficient (Wildman–Crippen LogP) is 3.53. The van der Waals surface area contributed by atoms with Crippen molar-refractivity contribution in [1.82, 2.24) is 0 Å². The molecule has 3 N–H and O–H groups in total. The van der Waals surface area contributed by atoms with Gasteiger partial charge in [-0.1, -0.05) is 13.8 Å². The Kier molecular flexibility index (Phi) is 4.12. The molecule has 0 spiro atoms. The minimum Gasteiger partial charge on any atom is -0.393 e. The fourth-order valence-corrected chi connectivity index (χ4v) is 7.69. The van der Waals surface area contributed by atoms with Crippen LogP contribution in [0.5, 0.6) is 0 Å². The van der Waals surface area contributed by atoms with E-state index in [0.717, 1.165) is 37.0 Å². The largest absolute Gasteiger partial charge is 0.393 e. The molecule has 4 aliphatic carbocycles. The van der Waals surface area contributed by atoms with Crippen LogP contribution in [0.15, 0.2) is 0 Å². The molecular weight excluding hydrogens is 298 g/mol. The fraction of sp³-hybridized carbons (Fsp3) is 0.952. The number of carbonyl (C=O) groups is 1. The highest BCUT2D eigenvalue weighted by Gasteiger charge is 2.60. The van der Waals surface area contributed by atoms with E-state index in [2.05, 4.69) is 13.8 Å². The van der Waals surface area contributed by atoms with E-state index in [1.807, 2.05) is 0 Å². The molecule has 24 heavy (non-hydrogen) atoms. The molecule has 0 heterocycles. The van der Waals surface area contributed by atoms with Gasteiger partial charge in [0.15, 0.2) is 0 Å². The second-order valence-corrected chi connectivity index (χ2v) is 9.94. The summed E-state index contributed by atoms with van der Waals surface area (Å²) in [7, 11) is 0. The monoisotopic (exact) mass is 333 g/mol. The van der Waals surface area contributed by atoms with Gasteiger partial charge in [0.2, 0.25) is 0 Å². The van der Waals surface area contributed by atoms with Gasteiger partial charge in [-0.25, -0.2) is 0 Å². The number of nitrogens with two attached hydrogens (primary N) is 1. The summed E-state index contributed by atoms with van der Waals surface area (Å²) in [5.41, 5.74) is 6.22. The van der Waals surface area contributed by atoms with Crippen LogP contribution in [-0.2, 0) is 4.79 Å². The number of rotatable bonds is 2. The molecule has 1 unspecified atom stereocenters. The first-order valence-corrected chi connectivity index (χ1v) is 10.3. The molecule has 0 aromatic rings. The van der Waals surface area contributed by atoms with Crippen LogP contribution >= 0.6 is 0 Å². The smallest absolute Gasteiger partial charge is 0.149 e. The van der Waals surface area contributed by atoms with Gasteiger partial charge in [0.05, 0.1) is 12.6 Å². The van der Waals surface area contributed by atoms with E-state index in [9.17, 15) is 9.90 Å². The second kappa shape index (κ2) is 5.81. The van der Waals surface area contributed by atoms with Gasteiger partial charge in [-0.05, 0) is 92.3 Å². The Labute approximate surface area is 146 Å². The Hall–Kier alpha value is -0.410. The van der Waals surface area contributed by atoms with Crippen LogP contribution in [0.3, 0.4) is 0 Å². The Morgan fingerprint density at radius 1 is 1.00 bits per heavy atom. The first-order valence-electron chi connectivity index (χ1n) is 10.3. The molecule has 4 rings (SSSR count). The van der Waals surface area contributed by atoms with Crippen LogP contribution in [0.25, 0.3) is 0 Å². The fourth-order valence-electron chi connectivity index (χ4n) is 7.69. The van der Waals surface area contributed by atoms with Gasteiger partial charge in [-0.3, -0.25) is 4.79 Å². The molecule has 0 saturated heterocycles. The van der Waals surface area contributed by atoms with Crippen molar-refractivity contribution in [2.75, 3.05) is 6.54 Å². The molecule has 3 nitrogen and oxygen atoms in total. The number of hydrogen-bond acceptors (Lipinski definition) is 3. The van der Waals surface area contributed by atoms with Crippen molar-refractivity contribution in [1.29, 1.82) is 0 Å². The zero-order valence-electron chi connectivity index (χ0n) is 15.5. The van der Waals surface area contributed by atoms with Crippen molar-refractivity contribution in [3.8, 4) is 0 Å². The first-order chi connectivity index (χ1) is 11.4. The molecule has 8 atom stereocenters. The van der Waals surface area contributed by atoms with Crippen molar-refractivity contribution in [3.05, 3.63) is 0 Å². The molecule has 0 bridgehead atoms. The topological polar surface area (TPSA) is 63.3 Å². The SMILES string of the molecule is C[C@]12CC[C@H]3[C@@H](CCC4C[C@@H](C(=O)CN)CC[C@@]43C)[C@@H]1CC[C@@H]2O. The number of carbonyl (C=O) groups excluding carboxylic acids is 1. The van der Waals surface area contributed by atoms with E-state index in [1.165, 1.54) is 38.5 Å². The summed E-state index contributed by atoms with van der Waals surface area (Å²) in [5.74, 6) is 3.58. The van der Waals surface area contributed by atoms with Crippen molar-refractivity contribution >= 4 is 5.78 Å². The lowest BCUT2D eigenvalue weighted by Gasteiger charge is -2.60. The maximum absolute atomic E-state index is 12.1. The third-order valence-corrected chi connectivity index (χ3v) is 9.27. The van der Waals surface area contributed by atoms with E-state index >= 15 is 0 Å². The van der Waals surface area contributed by atoms with Gasteiger partial charge in [0.1, 0.15) is 5.78 Å². The predicted molar refractivity (Wildman–Crippen MR) is 95.3 cm³/mol. The summed E-state index contributed by atoms with van der Waals surface area (Å²) < 4.78 is 0. The lowest BCUT2D eigenvalue weighted by molar-refractivity contribution is -0.138. The van der Waals surface area contributed by atoms with Crippen molar-refractivity contribution < 1.29 is 9.90 Å². The Morgan fingerprint density at radius 3 is 2.46 bits per heavy atom. The van der Waals surface area contributed by atoms with Crippen LogP contribution < -0.4 is 5.73 Å². The van der Waals surface area contributed by atoms with E-state index < -0.39 is 0 Å². The lowest BCUT2D eigenvalue weighted by atomic mass is 9.44. The number of hydrogen-bond donors (Lipinski definition) is 2. The number of ketones is 1. The zero-order chi connectivity index (χ0) is 17.1. The molecule has 0 radical (unpaired) electrons. The van der Waals surface area contributed by atoms with Gasteiger partial charge >= 0.3 is 0 Å². The molecule has 4 fully saturated rings. The van der Waals surface area contributed by atoms with E-state index in [4.69, 9.17) is 5.73 Å². The van der Waals surface area contributed by atoms with Gasteiger partial charge in [-0.15, -0.1) is 0 Å². The van der Waals surface area contributed by atoms with Gasteiger partial charge in [0, 0.05) is 5.92 Å². The maximum Gasteiger partial charge on any atom is 0.149 e. The second-order valence-electron chi connectivity index (χ2n) is 9.94. The average Bonchev–Trinajstić information content (AvgIpc) is 2.88. The molecule has 0 aromatic heterocycles. The van der Waals surface area contributed by atoms with Gasteiger partial charge in [-0.2, -0.15) is 0 Å². The quantitative estimate of drug-likeness (QED) is 0.812. The Balaban J connectivity index is 1.55. The third kappa shape index (κ3) is 2.26. The minimum atomic E-state index is -0.0770. The standard InChI is InChI=1S/C21H35NO2/c1-20-9-7-13(18(23)12-22)11-14(20)3-4-15-16-5-6-19(24)21(16,2)10-8-17(15)20/h13-17,19,24H,3-12,22H2,1-2H3/t13-,14?,15-,16-,17-,19-,20-,21-/m0/s1. The molecule has 3 heteroatoms. The lowest BCUT2D eigenvalue weighted by Crippen LogP contribution is -2.54. The average molecular weight is 334 g/mol. The molecule has 0 amide bonds. The van der Waals surface area contributed by atoms with Gasteiger partial charge in [0.25, 0.3) is 0 Å². The van der Waals surface area contributed by atoms with Gasteiger partial charge < -0.3 is 10.8 Å². The van der Waals surface area contributed by atoms with Crippen molar-refractivity contribution in [3.63, 3.8) is 0 Å². The molecule has 4 aliphatic rings. The molecular formula is C21H35NO2. The third-order valence-electron chi connectivity index (χ3n) is 9.27. The van der Waals surface area contributed by atoms with E-state index in [1.54, 1.807) is 0 Å². The van der Waals surface area contributed by atoms with E-state index in [0.29, 0.717) is 11.3 Å². The molecule has 0 aliphatic heterocycles. The highest BCUT2D eigenvalue weighted by molar-refractivity contribution is 5.82.